The SMILES string of the molecule is Br.Clc1ccccc1N1CCN(Cc2c[nH]c(-c3ccc4c(c3)CCO4)n2)CC1. The Morgan fingerprint density at radius 2 is 1.90 bits per heavy atom. The van der Waals surface area contributed by atoms with Gasteiger partial charge in [0.1, 0.15) is 11.6 Å². The lowest BCUT2D eigenvalue weighted by Crippen LogP contribution is -2.46. The van der Waals surface area contributed by atoms with Gasteiger partial charge in [-0.05, 0) is 35.9 Å². The van der Waals surface area contributed by atoms with E-state index in [0.717, 1.165) is 79.3 Å². The zero-order valence-electron chi connectivity index (χ0n) is 16.1. The summed E-state index contributed by atoms with van der Waals surface area (Å²) >= 11 is 6.34. The van der Waals surface area contributed by atoms with Crippen LogP contribution < -0.4 is 9.64 Å². The lowest BCUT2D eigenvalue weighted by Gasteiger charge is -2.36. The zero-order valence-corrected chi connectivity index (χ0v) is 18.6. The molecule has 2 aromatic carbocycles. The Kier molecular flexibility index (Phi) is 6.13. The molecule has 1 N–H and O–H groups in total. The fourth-order valence-corrected chi connectivity index (χ4v) is 4.26. The molecule has 0 unspecified atom stereocenters. The number of anilines is 1. The number of piperazine rings is 1. The number of hydrogen-bond acceptors (Lipinski definition) is 4. The molecule has 1 aromatic heterocycles. The molecule has 7 heteroatoms. The number of fused-ring (bicyclic) bond motifs is 1. The second-order valence-electron chi connectivity index (χ2n) is 7.38. The van der Waals surface area contributed by atoms with Gasteiger partial charge in [0.15, 0.2) is 0 Å². The fourth-order valence-electron chi connectivity index (χ4n) is 4.01. The minimum absolute atomic E-state index is 0. The first-order valence-electron chi connectivity index (χ1n) is 9.78. The topological polar surface area (TPSA) is 44.4 Å². The first kappa shape index (κ1) is 20.3. The van der Waals surface area contributed by atoms with Crippen molar-refractivity contribution in [1.82, 2.24) is 14.9 Å². The maximum Gasteiger partial charge on any atom is 0.137 e. The number of nitrogens with one attached hydrogen (secondary N) is 1. The van der Waals surface area contributed by atoms with Gasteiger partial charge in [-0.25, -0.2) is 4.98 Å². The van der Waals surface area contributed by atoms with E-state index >= 15 is 0 Å². The first-order chi connectivity index (χ1) is 13.8. The highest BCUT2D eigenvalue weighted by molar-refractivity contribution is 8.93. The number of aromatic nitrogens is 2. The summed E-state index contributed by atoms with van der Waals surface area (Å²) in [6, 6.07) is 14.4. The van der Waals surface area contributed by atoms with Gasteiger partial charge in [-0.2, -0.15) is 0 Å². The number of ether oxygens (including phenoxy) is 1. The van der Waals surface area contributed by atoms with E-state index < -0.39 is 0 Å². The van der Waals surface area contributed by atoms with E-state index in [2.05, 4.69) is 33.0 Å². The number of aromatic amines is 1. The Bertz CT molecular complexity index is 984. The predicted molar refractivity (Wildman–Crippen MR) is 122 cm³/mol. The van der Waals surface area contributed by atoms with E-state index in [9.17, 15) is 0 Å². The van der Waals surface area contributed by atoms with Crippen molar-refractivity contribution in [3.05, 3.63) is 64.9 Å². The Labute approximate surface area is 186 Å². The molecule has 1 fully saturated rings. The van der Waals surface area contributed by atoms with Crippen molar-refractivity contribution < 1.29 is 4.74 Å². The van der Waals surface area contributed by atoms with Gasteiger partial charge in [0.2, 0.25) is 0 Å². The van der Waals surface area contributed by atoms with Gasteiger partial charge in [-0.3, -0.25) is 4.90 Å². The number of nitrogens with zero attached hydrogens (tertiary/aromatic N) is 3. The molecule has 152 valence electrons. The molecule has 0 bridgehead atoms. The quantitative estimate of drug-likeness (QED) is 0.600. The average molecular weight is 476 g/mol. The summed E-state index contributed by atoms with van der Waals surface area (Å²) in [7, 11) is 0. The highest BCUT2D eigenvalue weighted by atomic mass is 79.9. The number of hydrogen-bond donors (Lipinski definition) is 1. The standard InChI is InChI=1S/C22H23ClN4O.BrH/c23-19-3-1-2-4-20(19)27-10-8-26(9-11-27)15-18-14-24-22(25-18)17-5-6-21-16(13-17)7-12-28-21;/h1-6,13-14H,7-12,15H2,(H,24,25);1H. The van der Waals surface area contributed by atoms with Gasteiger partial charge in [-0.1, -0.05) is 23.7 Å². The van der Waals surface area contributed by atoms with E-state index in [4.69, 9.17) is 21.3 Å². The number of imidazole rings is 1. The molecule has 0 saturated carbocycles. The molecule has 0 atom stereocenters. The summed E-state index contributed by atoms with van der Waals surface area (Å²) in [5, 5.41) is 0.827. The third-order valence-corrected chi connectivity index (χ3v) is 5.86. The number of halogens is 2. The fraction of sp³-hybridized carbons (Fsp3) is 0.318. The van der Waals surface area contributed by atoms with E-state index in [1.54, 1.807) is 0 Å². The van der Waals surface area contributed by atoms with Crippen molar-refractivity contribution in [3.63, 3.8) is 0 Å². The lowest BCUT2D eigenvalue weighted by molar-refractivity contribution is 0.247. The predicted octanol–water partition coefficient (Wildman–Crippen LogP) is 4.57. The highest BCUT2D eigenvalue weighted by Crippen LogP contribution is 2.30. The van der Waals surface area contributed by atoms with Gasteiger partial charge in [-0.15, -0.1) is 17.0 Å². The molecule has 29 heavy (non-hydrogen) atoms. The minimum Gasteiger partial charge on any atom is -0.493 e. The van der Waals surface area contributed by atoms with Gasteiger partial charge < -0.3 is 14.6 Å². The van der Waals surface area contributed by atoms with Crippen LogP contribution in [-0.2, 0) is 13.0 Å². The van der Waals surface area contributed by atoms with Crippen molar-refractivity contribution >= 4 is 34.3 Å². The van der Waals surface area contributed by atoms with Gasteiger partial charge in [0.25, 0.3) is 0 Å². The van der Waals surface area contributed by atoms with Crippen molar-refractivity contribution in [2.45, 2.75) is 13.0 Å². The van der Waals surface area contributed by atoms with Crippen molar-refractivity contribution in [1.29, 1.82) is 0 Å². The Hall–Kier alpha value is -2.02. The van der Waals surface area contributed by atoms with Crippen molar-refractivity contribution in [3.8, 4) is 17.1 Å². The Balaban J connectivity index is 0.00000205. The molecule has 3 aromatic rings. The van der Waals surface area contributed by atoms with Crippen molar-refractivity contribution in [2.24, 2.45) is 0 Å². The maximum atomic E-state index is 6.34. The largest absolute Gasteiger partial charge is 0.493 e. The maximum absolute atomic E-state index is 6.34. The number of H-pyrrole nitrogens is 1. The second kappa shape index (κ2) is 8.78. The van der Waals surface area contributed by atoms with Crippen LogP contribution in [0.2, 0.25) is 5.02 Å². The third kappa shape index (κ3) is 4.29. The summed E-state index contributed by atoms with van der Waals surface area (Å²) in [5.41, 5.74) is 4.61. The van der Waals surface area contributed by atoms with Crippen LogP contribution in [0.1, 0.15) is 11.3 Å². The molecule has 5 rings (SSSR count). The van der Waals surface area contributed by atoms with Crippen LogP contribution in [0.25, 0.3) is 11.4 Å². The molecule has 3 heterocycles. The summed E-state index contributed by atoms with van der Waals surface area (Å²) in [5.74, 6) is 1.94. The molecule has 0 aliphatic carbocycles. The van der Waals surface area contributed by atoms with E-state index in [-0.39, 0.29) is 17.0 Å². The Morgan fingerprint density at radius 1 is 1.07 bits per heavy atom. The molecule has 0 spiro atoms. The molecule has 0 radical (unpaired) electrons. The first-order valence-corrected chi connectivity index (χ1v) is 10.2. The van der Waals surface area contributed by atoms with E-state index in [1.807, 2.05) is 30.5 Å². The summed E-state index contributed by atoms with van der Waals surface area (Å²) in [6.07, 6.45) is 3.01. The lowest BCUT2D eigenvalue weighted by atomic mass is 10.1. The molecule has 5 nitrogen and oxygen atoms in total. The summed E-state index contributed by atoms with van der Waals surface area (Å²) in [4.78, 5) is 13.0. The summed E-state index contributed by atoms with van der Waals surface area (Å²) in [6.45, 7) is 5.61. The number of benzene rings is 2. The van der Waals surface area contributed by atoms with E-state index in [0.29, 0.717) is 0 Å². The molecular formula is C22H24BrClN4O. The molecule has 2 aliphatic rings. The normalized spacial score (nSPS) is 16.2. The number of para-hydroxylation sites is 1. The Morgan fingerprint density at radius 3 is 2.72 bits per heavy atom. The minimum atomic E-state index is 0. The van der Waals surface area contributed by atoms with Crippen LogP contribution in [-0.4, -0.2) is 47.7 Å². The van der Waals surface area contributed by atoms with E-state index in [1.165, 1.54) is 5.56 Å². The van der Waals surface area contributed by atoms with Gasteiger partial charge in [0, 0.05) is 50.9 Å². The van der Waals surface area contributed by atoms with Crippen LogP contribution >= 0.6 is 28.6 Å². The molecule has 1 saturated heterocycles. The van der Waals surface area contributed by atoms with Crippen LogP contribution in [0.3, 0.4) is 0 Å². The summed E-state index contributed by atoms with van der Waals surface area (Å²) < 4.78 is 5.59. The smallest absolute Gasteiger partial charge is 0.137 e. The van der Waals surface area contributed by atoms with Crippen LogP contribution in [0, 0.1) is 0 Å². The van der Waals surface area contributed by atoms with Crippen molar-refractivity contribution in [2.75, 3.05) is 37.7 Å². The molecule has 0 amide bonds. The average Bonchev–Trinajstić information content (AvgIpc) is 3.38. The highest BCUT2D eigenvalue weighted by Gasteiger charge is 2.20. The second-order valence-corrected chi connectivity index (χ2v) is 7.78. The van der Waals surface area contributed by atoms with Gasteiger partial charge in [0.05, 0.1) is 23.0 Å². The van der Waals surface area contributed by atoms with Crippen LogP contribution in [0.15, 0.2) is 48.7 Å². The molecule has 2 aliphatic heterocycles. The van der Waals surface area contributed by atoms with Crippen LogP contribution in [0.5, 0.6) is 5.75 Å². The van der Waals surface area contributed by atoms with Gasteiger partial charge >= 0.3 is 0 Å². The molecular weight excluding hydrogens is 452 g/mol. The number of rotatable bonds is 4. The monoisotopic (exact) mass is 474 g/mol. The zero-order chi connectivity index (χ0) is 18.9. The third-order valence-electron chi connectivity index (χ3n) is 5.54. The van der Waals surface area contributed by atoms with Crippen LogP contribution in [0.4, 0.5) is 5.69 Å².